The van der Waals surface area contributed by atoms with Gasteiger partial charge in [0.25, 0.3) is 0 Å². The van der Waals surface area contributed by atoms with Gasteiger partial charge in [0.2, 0.25) is 0 Å². The number of hydrogen-bond acceptors (Lipinski definition) is 10. The first-order chi connectivity index (χ1) is 31.9. The molecule has 0 saturated heterocycles. The van der Waals surface area contributed by atoms with Gasteiger partial charge in [0.1, 0.15) is 34.2 Å². The van der Waals surface area contributed by atoms with Crippen molar-refractivity contribution in [2.75, 3.05) is 18.1 Å². The lowest BCUT2D eigenvalue weighted by atomic mass is 9.99. The van der Waals surface area contributed by atoms with Crippen LogP contribution < -0.4 is 14.4 Å². The summed E-state index contributed by atoms with van der Waals surface area (Å²) in [7, 11) is 0. The molecule has 11 heteroatoms. The zero-order valence-corrected chi connectivity index (χ0v) is 39.0. The lowest BCUT2D eigenvalue weighted by Gasteiger charge is -2.26. The predicted octanol–water partition coefficient (Wildman–Crippen LogP) is 15.9. The Morgan fingerprint density at radius 1 is 0.585 bits per heavy atom. The number of ether oxygens (including phenoxy) is 2. The third-order valence-corrected chi connectivity index (χ3v) is 14.1. The molecule has 5 aromatic carbocycles. The molecule has 8 aromatic rings. The molecule has 3 heterocycles. The largest absolute Gasteiger partial charge is 0.494 e. The van der Waals surface area contributed by atoms with Gasteiger partial charge in [0.15, 0.2) is 0 Å². The van der Waals surface area contributed by atoms with Crippen LogP contribution in [0.25, 0.3) is 58.9 Å². The van der Waals surface area contributed by atoms with Gasteiger partial charge in [-0.3, -0.25) is 0 Å². The second-order valence-corrected chi connectivity index (χ2v) is 18.4. The van der Waals surface area contributed by atoms with Crippen molar-refractivity contribution in [2.24, 2.45) is 0 Å². The highest BCUT2D eigenvalue weighted by molar-refractivity contribution is 7.25. The molecule has 0 radical (unpaired) electrons. The molecule has 1 N–H and O–H groups in total. The van der Waals surface area contributed by atoms with Crippen LogP contribution in [-0.4, -0.2) is 33.0 Å². The summed E-state index contributed by atoms with van der Waals surface area (Å²) in [5.41, 5.74) is 9.18. The van der Waals surface area contributed by atoms with Crippen molar-refractivity contribution < 1.29 is 19.4 Å². The van der Waals surface area contributed by atoms with E-state index in [9.17, 15) is 9.90 Å². The minimum Gasteiger partial charge on any atom is -0.494 e. The molecule has 328 valence electrons. The van der Waals surface area contributed by atoms with E-state index < -0.39 is 5.97 Å². The normalized spacial score (nSPS) is 11.4. The SMILES string of the molecule is CCCCCCOc1ccc(N(c2ccc(OCCCCCC)cc2)c2ccc(-c3ccc(-c4ccc(-c5ccc(-c6ccc(/C=C(\C#N)C(=O)O)cc6)c6nsnc56)s4)s3)cc2)cc1. The number of unbranched alkanes of at least 4 members (excludes halogenated alkanes) is 6. The molecule has 3 aromatic heterocycles. The van der Waals surface area contributed by atoms with Crippen molar-refractivity contribution in [1.29, 1.82) is 5.26 Å². The highest BCUT2D eigenvalue weighted by Crippen LogP contribution is 2.44. The Morgan fingerprint density at radius 3 is 1.60 bits per heavy atom. The van der Waals surface area contributed by atoms with Gasteiger partial charge in [-0.15, -0.1) is 22.7 Å². The van der Waals surface area contributed by atoms with Crippen molar-refractivity contribution in [2.45, 2.75) is 65.2 Å². The average Bonchev–Trinajstić information content (AvgIpc) is 4.15. The van der Waals surface area contributed by atoms with Crippen LogP contribution in [0.15, 0.2) is 139 Å². The van der Waals surface area contributed by atoms with Gasteiger partial charge in [-0.05, 0) is 121 Å². The molecule has 0 atom stereocenters. The van der Waals surface area contributed by atoms with E-state index in [1.54, 1.807) is 40.9 Å². The number of carboxylic acids is 1. The summed E-state index contributed by atoms with van der Waals surface area (Å²) in [6.45, 7) is 5.91. The van der Waals surface area contributed by atoms with Gasteiger partial charge >= 0.3 is 5.97 Å². The predicted molar refractivity (Wildman–Crippen MR) is 270 cm³/mol. The van der Waals surface area contributed by atoms with Crippen LogP contribution in [0.4, 0.5) is 17.1 Å². The average molecular weight is 915 g/mol. The number of aliphatic carboxylic acids is 1. The van der Waals surface area contributed by atoms with E-state index in [1.165, 1.54) is 71.0 Å². The van der Waals surface area contributed by atoms with Gasteiger partial charge in [-0.2, -0.15) is 14.0 Å². The molecule has 8 nitrogen and oxygen atoms in total. The van der Waals surface area contributed by atoms with Crippen molar-refractivity contribution >= 4 is 74.5 Å². The number of nitriles is 1. The quantitative estimate of drug-likeness (QED) is 0.0431. The summed E-state index contributed by atoms with van der Waals surface area (Å²) in [4.78, 5) is 18.3. The molecule has 0 fully saturated rings. The first-order valence-electron chi connectivity index (χ1n) is 22.2. The molecular weight excluding hydrogens is 865 g/mol. The Balaban J connectivity index is 0.992. The molecule has 0 aliphatic rings. The number of carbonyl (C=O) groups is 1. The molecule has 0 bridgehead atoms. The monoisotopic (exact) mass is 914 g/mol. The van der Waals surface area contributed by atoms with E-state index in [-0.39, 0.29) is 5.57 Å². The van der Waals surface area contributed by atoms with Crippen LogP contribution in [0.1, 0.15) is 70.8 Å². The van der Waals surface area contributed by atoms with Gasteiger partial charge in [-0.1, -0.05) is 101 Å². The van der Waals surface area contributed by atoms with Crippen molar-refractivity contribution in [3.05, 3.63) is 145 Å². The zero-order chi connectivity index (χ0) is 45.0. The Labute approximate surface area is 393 Å². The fourth-order valence-electron chi connectivity index (χ4n) is 7.65. The first kappa shape index (κ1) is 45.0. The van der Waals surface area contributed by atoms with Crippen LogP contribution in [0, 0.1) is 11.3 Å². The maximum absolute atomic E-state index is 11.3. The summed E-state index contributed by atoms with van der Waals surface area (Å²) in [6, 6.07) is 47.7. The number of hydrogen-bond donors (Lipinski definition) is 1. The molecule has 8 rings (SSSR count). The number of nitrogens with zero attached hydrogens (tertiary/aromatic N) is 4. The molecular formula is C54H50N4O4S3. The smallest absolute Gasteiger partial charge is 0.346 e. The van der Waals surface area contributed by atoms with Gasteiger partial charge in [-0.25, -0.2) is 4.79 Å². The van der Waals surface area contributed by atoms with E-state index in [2.05, 4.69) is 132 Å². The van der Waals surface area contributed by atoms with E-state index in [0.717, 1.165) is 92.8 Å². The lowest BCUT2D eigenvalue weighted by molar-refractivity contribution is -0.132. The van der Waals surface area contributed by atoms with Gasteiger partial charge in [0.05, 0.1) is 24.9 Å². The molecule has 0 aliphatic carbocycles. The van der Waals surface area contributed by atoms with Crippen LogP contribution in [0.2, 0.25) is 0 Å². The van der Waals surface area contributed by atoms with Crippen molar-refractivity contribution in [1.82, 2.24) is 8.75 Å². The summed E-state index contributed by atoms with van der Waals surface area (Å²) in [6.07, 6.45) is 10.8. The summed E-state index contributed by atoms with van der Waals surface area (Å²) in [5, 5.41) is 18.4. The van der Waals surface area contributed by atoms with E-state index in [1.807, 2.05) is 12.1 Å². The highest BCUT2D eigenvalue weighted by atomic mass is 32.1. The minimum absolute atomic E-state index is 0.312. The second kappa shape index (κ2) is 21.9. The Hall–Kier alpha value is -6.58. The molecule has 0 amide bonds. The first-order valence-corrected chi connectivity index (χ1v) is 24.6. The fourth-order valence-corrected chi connectivity index (χ4v) is 10.4. The van der Waals surface area contributed by atoms with Crippen molar-refractivity contribution in [3.63, 3.8) is 0 Å². The van der Waals surface area contributed by atoms with Gasteiger partial charge < -0.3 is 19.5 Å². The van der Waals surface area contributed by atoms with E-state index >= 15 is 0 Å². The highest BCUT2D eigenvalue weighted by Gasteiger charge is 2.18. The Bertz CT molecular complexity index is 2830. The molecule has 0 saturated carbocycles. The number of carboxylic acid groups (broad SMARTS) is 1. The van der Waals surface area contributed by atoms with Crippen LogP contribution in [0.3, 0.4) is 0 Å². The maximum Gasteiger partial charge on any atom is 0.346 e. The van der Waals surface area contributed by atoms with Crippen LogP contribution in [-0.2, 0) is 4.79 Å². The summed E-state index contributed by atoms with van der Waals surface area (Å²) >= 11 is 4.70. The number of thiophene rings is 2. The Morgan fingerprint density at radius 2 is 1.06 bits per heavy atom. The molecule has 0 unspecified atom stereocenters. The Kier molecular flexibility index (Phi) is 15.1. The lowest BCUT2D eigenvalue weighted by Crippen LogP contribution is -2.10. The van der Waals surface area contributed by atoms with E-state index in [4.69, 9.17) is 19.1 Å². The minimum atomic E-state index is -1.25. The number of aromatic nitrogens is 2. The number of benzene rings is 5. The molecule has 0 spiro atoms. The third kappa shape index (κ3) is 11.0. The zero-order valence-electron chi connectivity index (χ0n) is 36.5. The van der Waals surface area contributed by atoms with E-state index in [0.29, 0.717) is 5.56 Å². The van der Waals surface area contributed by atoms with Crippen LogP contribution in [0.5, 0.6) is 11.5 Å². The fraction of sp³-hybridized carbons (Fsp3) is 0.222. The number of anilines is 3. The number of fused-ring (bicyclic) bond motifs is 1. The molecule has 0 aliphatic heterocycles. The summed E-state index contributed by atoms with van der Waals surface area (Å²) in [5.74, 6) is 0.522. The van der Waals surface area contributed by atoms with Crippen LogP contribution >= 0.6 is 34.4 Å². The van der Waals surface area contributed by atoms with Gasteiger partial charge in [0, 0.05) is 47.7 Å². The standard InChI is InChI=1S/C54H50N4O4S3/c1-3-5-7-9-33-61-44-23-19-42(20-24-44)58(43-21-25-45(26-22-43)62-34-10-8-6-4-2)41-17-15-39(16-18-41)48-29-31-50(63-48)51-32-30-49(64-51)47-28-27-46(52-53(47)57-65-56-52)38-13-11-37(12-14-38)35-40(36-55)54(59)60/h11-32,35H,3-10,33-34H2,1-2H3,(H,59,60)/b40-35+. The van der Waals surface area contributed by atoms with Crippen molar-refractivity contribution in [3.8, 4) is 59.3 Å². The number of rotatable bonds is 21. The third-order valence-electron chi connectivity index (χ3n) is 11.2. The second-order valence-electron chi connectivity index (χ2n) is 15.7. The maximum atomic E-state index is 11.3. The molecule has 65 heavy (non-hydrogen) atoms. The topological polar surface area (TPSA) is 109 Å². The summed E-state index contributed by atoms with van der Waals surface area (Å²) < 4.78 is 21.6.